The Labute approximate surface area is 185 Å². The average molecular weight is 460 g/mol. The first-order valence-electron chi connectivity index (χ1n) is 9.09. The lowest BCUT2D eigenvalue weighted by Gasteiger charge is -2.12. The third kappa shape index (κ3) is 4.50. The van der Waals surface area contributed by atoms with Crippen LogP contribution in [0, 0.1) is 17.2 Å². The second-order valence-corrected chi connectivity index (χ2v) is 7.39. The molecule has 11 heteroatoms. The second kappa shape index (κ2) is 9.12. The number of ketones is 1. The van der Waals surface area contributed by atoms with E-state index in [0.29, 0.717) is 18.0 Å². The summed E-state index contributed by atoms with van der Waals surface area (Å²) in [5.74, 6) is -3.47. The number of hydrogen-bond acceptors (Lipinski definition) is 6. The molecule has 0 aliphatic carbocycles. The molecule has 1 atom stereocenters. The van der Waals surface area contributed by atoms with E-state index in [1.165, 1.54) is 28.8 Å². The Bertz CT molecular complexity index is 1360. The van der Waals surface area contributed by atoms with Gasteiger partial charge >= 0.3 is 5.69 Å². The number of hydrogen-bond donors (Lipinski definition) is 2. The maximum atomic E-state index is 12.8. The SMILES string of the molecule is CCCn1c(=O)[nH]c(=O)c2cc(C(=O)C(C#N)C(=O)Nc3ccc(Cl)cc3Cl)cnc21. The molecule has 3 rings (SSSR count). The van der Waals surface area contributed by atoms with E-state index in [-0.39, 0.29) is 27.3 Å². The van der Waals surface area contributed by atoms with Crippen LogP contribution in [-0.4, -0.2) is 26.2 Å². The maximum absolute atomic E-state index is 12.8. The number of H-pyrrole nitrogens is 1. The van der Waals surface area contributed by atoms with Gasteiger partial charge < -0.3 is 5.32 Å². The van der Waals surface area contributed by atoms with Crippen LogP contribution in [0.5, 0.6) is 0 Å². The molecule has 2 aromatic heterocycles. The molecule has 3 aromatic rings. The fourth-order valence-electron chi connectivity index (χ4n) is 2.93. The Kier molecular flexibility index (Phi) is 6.53. The van der Waals surface area contributed by atoms with Gasteiger partial charge in [-0.1, -0.05) is 30.1 Å². The number of pyridine rings is 1. The third-order valence-corrected chi connectivity index (χ3v) is 4.95. The fraction of sp³-hybridized carbons (Fsp3) is 0.200. The Balaban J connectivity index is 1.96. The van der Waals surface area contributed by atoms with Gasteiger partial charge in [-0.3, -0.25) is 23.9 Å². The van der Waals surface area contributed by atoms with Crippen LogP contribution >= 0.6 is 23.2 Å². The molecule has 0 saturated heterocycles. The highest BCUT2D eigenvalue weighted by Crippen LogP contribution is 2.26. The number of nitrogens with zero attached hydrogens (tertiary/aromatic N) is 3. The van der Waals surface area contributed by atoms with Gasteiger partial charge in [0.2, 0.25) is 5.91 Å². The average Bonchev–Trinajstić information content (AvgIpc) is 2.73. The lowest BCUT2D eigenvalue weighted by molar-refractivity contribution is -0.117. The van der Waals surface area contributed by atoms with E-state index in [4.69, 9.17) is 23.2 Å². The van der Waals surface area contributed by atoms with Crippen molar-refractivity contribution in [2.24, 2.45) is 5.92 Å². The van der Waals surface area contributed by atoms with Gasteiger partial charge in [0.05, 0.1) is 22.2 Å². The van der Waals surface area contributed by atoms with Gasteiger partial charge in [0.1, 0.15) is 5.65 Å². The predicted molar refractivity (Wildman–Crippen MR) is 115 cm³/mol. The van der Waals surface area contributed by atoms with Crippen LogP contribution in [0.3, 0.4) is 0 Å². The fourth-order valence-corrected chi connectivity index (χ4v) is 3.39. The van der Waals surface area contributed by atoms with E-state index >= 15 is 0 Å². The van der Waals surface area contributed by atoms with Crippen LogP contribution < -0.4 is 16.6 Å². The molecule has 0 radical (unpaired) electrons. The number of aryl methyl sites for hydroxylation is 1. The Hall–Kier alpha value is -3.48. The van der Waals surface area contributed by atoms with Crippen molar-refractivity contribution in [1.29, 1.82) is 5.26 Å². The highest BCUT2D eigenvalue weighted by Gasteiger charge is 2.29. The minimum Gasteiger partial charge on any atom is -0.323 e. The first kappa shape index (κ1) is 22.2. The van der Waals surface area contributed by atoms with Gasteiger partial charge in [0, 0.05) is 23.3 Å². The summed E-state index contributed by atoms with van der Waals surface area (Å²) in [6, 6.07) is 7.19. The van der Waals surface area contributed by atoms with Crippen LogP contribution in [-0.2, 0) is 11.3 Å². The predicted octanol–water partition coefficient (Wildman–Crippen LogP) is 2.76. The number of carbonyl (C=O) groups is 2. The smallest absolute Gasteiger partial charge is 0.323 e. The zero-order chi connectivity index (χ0) is 22.7. The zero-order valence-electron chi connectivity index (χ0n) is 16.1. The molecule has 0 aliphatic heterocycles. The van der Waals surface area contributed by atoms with E-state index in [9.17, 15) is 24.4 Å². The Morgan fingerprint density at radius 2 is 2.03 bits per heavy atom. The van der Waals surface area contributed by atoms with Crippen LogP contribution in [0.2, 0.25) is 10.0 Å². The second-order valence-electron chi connectivity index (χ2n) is 6.55. The number of Topliss-reactive ketones (excluding diaryl/α,β-unsaturated/α-hetero) is 1. The van der Waals surface area contributed by atoms with Crippen molar-refractivity contribution in [3.05, 3.63) is 66.9 Å². The van der Waals surface area contributed by atoms with Crippen molar-refractivity contribution >= 4 is 51.6 Å². The molecular formula is C20H15Cl2N5O4. The summed E-state index contributed by atoms with van der Waals surface area (Å²) in [4.78, 5) is 55.8. The van der Waals surface area contributed by atoms with E-state index in [2.05, 4.69) is 15.3 Å². The number of halogens is 2. The van der Waals surface area contributed by atoms with E-state index in [1.54, 1.807) is 6.07 Å². The van der Waals surface area contributed by atoms with Crippen molar-refractivity contribution < 1.29 is 9.59 Å². The highest BCUT2D eigenvalue weighted by atomic mass is 35.5. The number of nitriles is 1. The number of aromatic amines is 1. The zero-order valence-corrected chi connectivity index (χ0v) is 17.6. The summed E-state index contributed by atoms with van der Waals surface area (Å²) in [5, 5.41) is 12.3. The molecule has 0 bridgehead atoms. The van der Waals surface area contributed by atoms with Crippen LogP contribution in [0.25, 0.3) is 11.0 Å². The highest BCUT2D eigenvalue weighted by molar-refractivity contribution is 6.36. The largest absolute Gasteiger partial charge is 0.329 e. The van der Waals surface area contributed by atoms with Gasteiger partial charge in [-0.05, 0) is 30.7 Å². The molecule has 2 N–H and O–H groups in total. The number of amides is 1. The first-order chi connectivity index (χ1) is 14.8. The maximum Gasteiger partial charge on any atom is 0.329 e. The summed E-state index contributed by atoms with van der Waals surface area (Å²) < 4.78 is 1.28. The number of anilines is 1. The lowest BCUT2D eigenvalue weighted by atomic mass is 9.98. The summed E-state index contributed by atoms with van der Waals surface area (Å²) >= 11 is 11.8. The molecule has 0 saturated carbocycles. The van der Waals surface area contributed by atoms with Crippen LogP contribution in [0.15, 0.2) is 40.1 Å². The number of aromatic nitrogens is 3. The molecule has 0 fully saturated rings. The number of fused-ring (bicyclic) bond motifs is 1. The standard InChI is InChI=1S/C20H15Cl2N5O4/c1-2-5-27-17-12(18(29)26-20(27)31)6-10(9-24-17)16(28)13(8-23)19(30)25-15-4-3-11(21)7-14(15)22/h3-4,6-7,9,13H,2,5H2,1H3,(H,25,30)(H,26,29,31). The Morgan fingerprint density at radius 1 is 1.29 bits per heavy atom. The summed E-state index contributed by atoms with van der Waals surface area (Å²) in [5.41, 5.74) is -1.16. The van der Waals surface area contributed by atoms with Gasteiger partial charge in [-0.2, -0.15) is 5.26 Å². The molecule has 1 unspecified atom stereocenters. The van der Waals surface area contributed by atoms with E-state index in [1.807, 2.05) is 6.92 Å². The quantitative estimate of drug-likeness (QED) is 0.429. The van der Waals surface area contributed by atoms with Crippen LogP contribution in [0.4, 0.5) is 5.69 Å². The first-order valence-corrected chi connectivity index (χ1v) is 9.85. The molecule has 158 valence electrons. The lowest BCUT2D eigenvalue weighted by Crippen LogP contribution is -2.32. The van der Waals surface area contributed by atoms with Gasteiger partial charge in [0.25, 0.3) is 5.56 Å². The monoisotopic (exact) mass is 459 g/mol. The number of nitrogens with one attached hydrogen (secondary N) is 2. The minimum atomic E-state index is -1.72. The third-order valence-electron chi connectivity index (χ3n) is 4.41. The normalized spacial score (nSPS) is 11.7. The van der Waals surface area contributed by atoms with Gasteiger partial charge in [-0.25, -0.2) is 9.78 Å². The Morgan fingerprint density at radius 3 is 2.68 bits per heavy atom. The van der Waals surface area contributed by atoms with E-state index in [0.717, 1.165) is 6.20 Å². The van der Waals surface area contributed by atoms with Crippen molar-refractivity contribution in [2.75, 3.05) is 5.32 Å². The van der Waals surface area contributed by atoms with Crippen molar-refractivity contribution in [3.63, 3.8) is 0 Å². The molecule has 1 amide bonds. The number of carbonyl (C=O) groups excluding carboxylic acids is 2. The topological polar surface area (TPSA) is 138 Å². The van der Waals surface area contributed by atoms with Crippen molar-refractivity contribution in [3.8, 4) is 6.07 Å². The molecule has 1 aromatic carbocycles. The van der Waals surface area contributed by atoms with Gasteiger partial charge in [0.15, 0.2) is 11.7 Å². The molecule has 0 spiro atoms. The molecular weight excluding hydrogens is 445 g/mol. The summed E-state index contributed by atoms with van der Waals surface area (Å²) in [6.07, 6.45) is 1.75. The number of benzene rings is 1. The number of rotatable bonds is 6. The summed E-state index contributed by atoms with van der Waals surface area (Å²) in [6.45, 7) is 2.17. The van der Waals surface area contributed by atoms with Gasteiger partial charge in [-0.15, -0.1) is 0 Å². The van der Waals surface area contributed by atoms with Crippen molar-refractivity contribution in [2.45, 2.75) is 19.9 Å². The molecule has 2 heterocycles. The summed E-state index contributed by atoms with van der Waals surface area (Å²) in [7, 11) is 0. The van der Waals surface area contributed by atoms with Crippen molar-refractivity contribution in [1.82, 2.24) is 14.5 Å². The molecule has 9 nitrogen and oxygen atoms in total. The van der Waals surface area contributed by atoms with Crippen LogP contribution in [0.1, 0.15) is 23.7 Å². The molecule has 31 heavy (non-hydrogen) atoms. The minimum absolute atomic E-state index is 0.00302. The molecule has 0 aliphatic rings. The van der Waals surface area contributed by atoms with E-state index < -0.39 is 28.9 Å².